The minimum Gasteiger partial charge on any atom is -0.353 e. The lowest BCUT2D eigenvalue weighted by atomic mass is 9.85. The summed E-state index contributed by atoms with van der Waals surface area (Å²) in [5.74, 6) is 0.0800. The summed E-state index contributed by atoms with van der Waals surface area (Å²) < 4.78 is 13.0. The molecular formula is C15H21ClFNO. The van der Waals surface area contributed by atoms with E-state index in [1.54, 1.807) is 12.1 Å². The summed E-state index contributed by atoms with van der Waals surface area (Å²) >= 11 is 5.77. The van der Waals surface area contributed by atoms with E-state index in [1.165, 1.54) is 12.1 Å². The van der Waals surface area contributed by atoms with Crippen LogP contribution in [0.5, 0.6) is 0 Å². The third kappa shape index (κ3) is 5.60. The third-order valence-electron chi connectivity index (χ3n) is 3.03. The summed E-state index contributed by atoms with van der Waals surface area (Å²) in [4.78, 5) is 12.0. The molecule has 2 nitrogen and oxygen atoms in total. The number of halogens is 2. The molecule has 0 saturated carbocycles. The molecule has 1 atom stereocenters. The molecule has 0 heterocycles. The molecule has 106 valence electrons. The van der Waals surface area contributed by atoms with Gasteiger partial charge in [0.1, 0.15) is 5.82 Å². The van der Waals surface area contributed by atoms with Crippen LogP contribution in [-0.4, -0.2) is 17.8 Å². The Morgan fingerprint density at radius 3 is 2.63 bits per heavy atom. The molecule has 1 rings (SSSR count). The summed E-state index contributed by atoms with van der Waals surface area (Å²) in [5.41, 5.74) is 0.628. The standard InChI is InChI=1S/C15H21ClFNO/c1-15(2,3)13(7-8-16)18-14(19)10-11-5-4-6-12(17)9-11/h4-6,9,13H,7-8,10H2,1-3H3,(H,18,19). The van der Waals surface area contributed by atoms with Gasteiger partial charge in [-0.25, -0.2) is 4.39 Å². The van der Waals surface area contributed by atoms with Crippen molar-refractivity contribution < 1.29 is 9.18 Å². The molecule has 19 heavy (non-hydrogen) atoms. The number of carbonyl (C=O) groups is 1. The van der Waals surface area contributed by atoms with Crippen molar-refractivity contribution in [2.24, 2.45) is 5.41 Å². The maximum atomic E-state index is 13.0. The third-order valence-corrected chi connectivity index (χ3v) is 3.25. The molecule has 1 aromatic carbocycles. The first-order valence-corrected chi connectivity index (χ1v) is 6.96. The zero-order chi connectivity index (χ0) is 14.5. The largest absolute Gasteiger partial charge is 0.353 e. The molecular weight excluding hydrogens is 265 g/mol. The second-order valence-electron chi connectivity index (χ2n) is 5.77. The van der Waals surface area contributed by atoms with E-state index >= 15 is 0 Å². The van der Waals surface area contributed by atoms with Gasteiger partial charge in [-0.15, -0.1) is 11.6 Å². The van der Waals surface area contributed by atoms with Crippen LogP contribution in [0.2, 0.25) is 0 Å². The van der Waals surface area contributed by atoms with Crippen LogP contribution in [0, 0.1) is 11.2 Å². The van der Waals surface area contributed by atoms with Gasteiger partial charge in [0.05, 0.1) is 6.42 Å². The van der Waals surface area contributed by atoms with Gasteiger partial charge in [-0.05, 0) is 29.5 Å². The quantitative estimate of drug-likeness (QED) is 0.824. The molecule has 0 saturated heterocycles. The van der Waals surface area contributed by atoms with Gasteiger partial charge in [0.25, 0.3) is 0 Å². The molecule has 0 radical (unpaired) electrons. The van der Waals surface area contributed by atoms with Crippen LogP contribution in [0.15, 0.2) is 24.3 Å². The first-order valence-electron chi connectivity index (χ1n) is 6.42. The van der Waals surface area contributed by atoms with Crippen LogP contribution in [0.25, 0.3) is 0 Å². The minimum absolute atomic E-state index is 0.0195. The second-order valence-corrected chi connectivity index (χ2v) is 6.15. The maximum absolute atomic E-state index is 13.0. The Hall–Kier alpha value is -1.09. The van der Waals surface area contributed by atoms with Crippen molar-refractivity contribution >= 4 is 17.5 Å². The van der Waals surface area contributed by atoms with Gasteiger partial charge in [-0.2, -0.15) is 0 Å². The highest BCUT2D eigenvalue weighted by atomic mass is 35.5. The van der Waals surface area contributed by atoms with Crippen molar-refractivity contribution in [2.75, 3.05) is 5.88 Å². The molecule has 1 N–H and O–H groups in total. The predicted octanol–water partition coefficient (Wildman–Crippen LogP) is 3.53. The van der Waals surface area contributed by atoms with Gasteiger partial charge < -0.3 is 5.32 Å². The summed E-state index contributed by atoms with van der Waals surface area (Å²) in [6.45, 7) is 6.19. The molecule has 0 fully saturated rings. The monoisotopic (exact) mass is 285 g/mol. The van der Waals surface area contributed by atoms with E-state index in [4.69, 9.17) is 11.6 Å². The number of benzene rings is 1. The lowest BCUT2D eigenvalue weighted by Crippen LogP contribution is -2.44. The molecule has 1 unspecified atom stereocenters. The Kier molecular flexibility index (Phi) is 5.80. The summed E-state index contributed by atoms with van der Waals surface area (Å²) in [6.07, 6.45) is 0.909. The number of carbonyl (C=O) groups excluding carboxylic acids is 1. The fraction of sp³-hybridized carbons (Fsp3) is 0.533. The maximum Gasteiger partial charge on any atom is 0.224 e. The Labute approximate surface area is 119 Å². The first kappa shape index (κ1) is 16.0. The van der Waals surface area contributed by atoms with Crippen molar-refractivity contribution in [1.29, 1.82) is 0 Å². The fourth-order valence-electron chi connectivity index (χ4n) is 1.91. The van der Waals surface area contributed by atoms with Crippen LogP contribution in [0.4, 0.5) is 4.39 Å². The zero-order valence-electron chi connectivity index (χ0n) is 11.7. The Bertz CT molecular complexity index is 428. The zero-order valence-corrected chi connectivity index (χ0v) is 12.4. The van der Waals surface area contributed by atoms with Crippen molar-refractivity contribution in [2.45, 2.75) is 39.7 Å². The van der Waals surface area contributed by atoms with Crippen LogP contribution in [0.3, 0.4) is 0 Å². The SMILES string of the molecule is CC(C)(C)C(CCCl)NC(=O)Cc1cccc(F)c1. The Balaban J connectivity index is 2.63. The average molecular weight is 286 g/mol. The molecule has 1 amide bonds. The molecule has 4 heteroatoms. The predicted molar refractivity (Wildman–Crippen MR) is 76.8 cm³/mol. The summed E-state index contributed by atoms with van der Waals surface area (Å²) in [6, 6.07) is 6.12. The normalized spacial score (nSPS) is 13.1. The average Bonchev–Trinajstić information content (AvgIpc) is 2.27. The molecule has 0 aliphatic rings. The van der Waals surface area contributed by atoms with E-state index in [9.17, 15) is 9.18 Å². The van der Waals surface area contributed by atoms with E-state index in [0.717, 1.165) is 6.42 Å². The molecule has 1 aromatic rings. The van der Waals surface area contributed by atoms with Crippen molar-refractivity contribution in [1.82, 2.24) is 5.32 Å². The first-order chi connectivity index (χ1) is 8.82. The number of nitrogens with one attached hydrogen (secondary N) is 1. The Morgan fingerprint density at radius 1 is 1.42 bits per heavy atom. The lowest BCUT2D eigenvalue weighted by molar-refractivity contribution is -0.121. The van der Waals surface area contributed by atoms with Crippen LogP contribution in [-0.2, 0) is 11.2 Å². The molecule has 0 spiro atoms. The highest BCUT2D eigenvalue weighted by Gasteiger charge is 2.25. The summed E-state index contributed by atoms with van der Waals surface area (Å²) in [5, 5.41) is 2.98. The van der Waals surface area contributed by atoms with Gasteiger partial charge in [0.2, 0.25) is 5.91 Å². The van der Waals surface area contributed by atoms with Gasteiger partial charge in [0.15, 0.2) is 0 Å². The van der Waals surface area contributed by atoms with E-state index in [-0.39, 0.29) is 29.6 Å². The second kappa shape index (κ2) is 6.90. The van der Waals surface area contributed by atoms with E-state index in [2.05, 4.69) is 26.1 Å². The minimum atomic E-state index is -0.321. The number of hydrogen-bond donors (Lipinski definition) is 1. The molecule has 0 aliphatic heterocycles. The van der Waals surface area contributed by atoms with Crippen LogP contribution in [0.1, 0.15) is 32.8 Å². The van der Waals surface area contributed by atoms with E-state index in [0.29, 0.717) is 11.4 Å². The smallest absolute Gasteiger partial charge is 0.224 e. The molecule has 0 aliphatic carbocycles. The van der Waals surface area contributed by atoms with Gasteiger partial charge in [-0.1, -0.05) is 32.9 Å². The van der Waals surface area contributed by atoms with Gasteiger partial charge in [-0.3, -0.25) is 4.79 Å². The van der Waals surface area contributed by atoms with Crippen LogP contribution >= 0.6 is 11.6 Å². The van der Waals surface area contributed by atoms with Crippen LogP contribution < -0.4 is 5.32 Å². The number of alkyl halides is 1. The summed E-state index contributed by atoms with van der Waals surface area (Å²) in [7, 11) is 0. The number of hydrogen-bond acceptors (Lipinski definition) is 1. The van der Waals surface area contributed by atoms with Gasteiger partial charge >= 0.3 is 0 Å². The lowest BCUT2D eigenvalue weighted by Gasteiger charge is -2.31. The Morgan fingerprint density at radius 2 is 2.11 bits per heavy atom. The fourth-order valence-corrected chi connectivity index (χ4v) is 2.13. The highest BCUT2D eigenvalue weighted by Crippen LogP contribution is 2.22. The van der Waals surface area contributed by atoms with Crippen molar-refractivity contribution in [3.05, 3.63) is 35.6 Å². The molecule has 0 bridgehead atoms. The van der Waals surface area contributed by atoms with E-state index < -0.39 is 0 Å². The van der Waals surface area contributed by atoms with Gasteiger partial charge in [0, 0.05) is 11.9 Å². The number of amides is 1. The number of rotatable bonds is 5. The molecule has 0 aromatic heterocycles. The van der Waals surface area contributed by atoms with Crippen molar-refractivity contribution in [3.8, 4) is 0 Å². The van der Waals surface area contributed by atoms with E-state index in [1.807, 2.05) is 0 Å². The van der Waals surface area contributed by atoms with Crippen molar-refractivity contribution in [3.63, 3.8) is 0 Å². The highest BCUT2D eigenvalue weighted by molar-refractivity contribution is 6.17. The topological polar surface area (TPSA) is 29.1 Å².